The Morgan fingerprint density at radius 2 is 2.00 bits per heavy atom. The number of carbonyl (C=O) groups is 1. The topological polar surface area (TPSA) is 71.2 Å². The number of hydrogen-bond donors (Lipinski definition) is 1. The number of thioether (sulfide) groups is 1. The minimum atomic E-state index is -1.50. The van der Waals surface area contributed by atoms with E-state index in [0.717, 1.165) is 4.90 Å². The Morgan fingerprint density at radius 3 is 2.71 bits per heavy atom. The van der Waals surface area contributed by atoms with E-state index in [0.29, 0.717) is 16.3 Å². The molecule has 3 aromatic rings. The van der Waals surface area contributed by atoms with Gasteiger partial charge in [0.1, 0.15) is 24.1 Å². The van der Waals surface area contributed by atoms with Gasteiger partial charge < -0.3 is 10.0 Å². The predicted octanol–water partition coefficient (Wildman–Crippen LogP) is 3.10. The number of aliphatic hydroxyl groups is 1. The molecule has 0 aliphatic carbocycles. The zero-order valence-electron chi connectivity index (χ0n) is 14.6. The molecule has 1 atom stereocenters. The van der Waals surface area contributed by atoms with Crippen LogP contribution >= 0.6 is 23.4 Å². The van der Waals surface area contributed by atoms with Crippen molar-refractivity contribution < 1.29 is 14.3 Å². The minimum Gasteiger partial charge on any atom is -0.381 e. The van der Waals surface area contributed by atoms with Gasteiger partial charge in [0.15, 0.2) is 0 Å². The van der Waals surface area contributed by atoms with Crippen molar-refractivity contribution in [2.24, 2.45) is 0 Å². The molecule has 4 rings (SSSR count). The zero-order valence-corrected chi connectivity index (χ0v) is 16.2. The molecule has 1 aromatic heterocycles. The number of halogens is 2. The van der Waals surface area contributed by atoms with E-state index in [1.54, 1.807) is 23.1 Å². The smallest absolute Gasteiger partial charge is 0.237 e. The van der Waals surface area contributed by atoms with Crippen LogP contribution in [0.4, 0.5) is 10.1 Å². The Labute approximate surface area is 169 Å². The van der Waals surface area contributed by atoms with Crippen LogP contribution in [0.15, 0.2) is 60.0 Å². The number of benzene rings is 2. The van der Waals surface area contributed by atoms with Crippen LogP contribution in [0.1, 0.15) is 5.56 Å². The van der Waals surface area contributed by atoms with Gasteiger partial charge in [-0.3, -0.25) is 4.79 Å². The number of rotatable bonds is 5. The molecular weight excluding hydrogens is 403 g/mol. The van der Waals surface area contributed by atoms with Gasteiger partial charge in [-0.05, 0) is 35.9 Å². The molecule has 0 radical (unpaired) electrons. The molecule has 1 unspecified atom stereocenters. The molecule has 0 saturated heterocycles. The van der Waals surface area contributed by atoms with Crippen molar-refractivity contribution in [3.63, 3.8) is 0 Å². The van der Waals surface area contributed by atoms with E-state index in [2.05, 4.69) is 10.1 Å². The van der Waals surface area contributed by atoms with Crippen molar-refractivity contribution in [3.05, 3.63) is 71.5 Å². The molecule has 6 nitrogen and oxygen atoms in total. The Bertz CT molecular complexity index is 1000. The molecule has 144 valence electrons. The van der Waals surface area contributed by atoms with Crippen LogP contribution in [-0.4, -0.2) is 38.1 Å². The summed E-state index contributed by atoms with van der Waals surface area (Å²) in [6.07, 6.45) is 2.85. The summed E-state index contributed by atoms with van der Waals surface area (Å²) in [5.41, 5.74) is -0.341. The van der Waals surface area contributed by atoms with E-state index in [4.69, 9.17) is 11.6 Å². The number of fused-ring (bicyclic) bond motifs is 1. The average molecular weight is 419 g/mol. The molecule has 2 heterocycles. The van der Waals surface area contributed by atoms with Crippen LogP contribution in [0.2, 0.25) is 5.02 Å². The third kappa shape index (κ3) is 3.76. The Balaban J connectivity index is 1.73. The van der Waals surface area contributed by atoms with E-state index in [-0.39, 0.29) is 24.7 Å². The van der Waals surface area contributed by atoms with Crippen LogP contribution in [-0.2, 0) is 16.9 Å². The Morgan fingerprint density at radius 1 is 1.21 bits per heavy atom. The lowest BCUT2D eigenvalue weighted by Gasteiger charge is -2.37. The molecule has 9 heteroatoms. The van der Waals surface area contributed by atoms with Crippen molar-refractivity contribution in [1.82, 2.24) is 14.8 Å². The number of hydrogen-bond acceptors (Lipinski definition) is 5. The van der Waals surface area contributed by atoms with E-state index in [1.165, 1.54) is 53.4 Å². The molecule has 1 aliphatic heterocycles. The van der Waals surface area contributed by atoms with Crippen LogP contribution in [0, 0.1) is 5.82 Å². The molecule has 0 bridgehead atoms. The summed E-state index contributed by atoms with van der Waals surface area (Å²) >= 11 is 7.49. The first-order valence-corrected chi connectivity index (χ1v) is 9.84. The first-order valence-electron chi connectivity index (χ1n) is 8.48. The molecule has 1 amide bonds. The second-order valence-corrected chi connectivity index (χ2v) is 7.97. The molecule has 0 spiro atoms. The van der Waals surface area contributed by atoms with Crippen molar-refractivity contribution in [2.45, 2.75) is 17.0 Å². The maximum Gasteiger partial charge on any atom is 0.237 e. The summed E-state index contributed by atoms with van der Waals surface area (Å²) in [7, 11) is 0. The summed E-state index contributed by atoms with van der Waals surface area (Å²) in [5, 5.41) is 16.2. The maximum atomic E-state index is 13.4. The maximum absolute atomic E-state index is 13.4. The third-order valence-corrected chi connectivity index (χ3v) is 5.82. The summed E-state index contributed by atoms with van der Waals surface area (Å²) < 4.78 is 14.9. The molecular formula is C19H16ClFN4O2S. The first kappa shape index (κ1) is 18.9. The normalized spacial score (nSPS) is 16.0. The number of anilines is 1. The van der Waals surface area contributed by atoms with Crippen molar-refractivity contribution in [2.75, 3.05) is 17.2 Å². The van der Waals surface area contributed by atoms with Gasteiger partial charge in [0.2, 0.25) is 5.91 Å². The quantitative estimate of drug-likeness (QED) is 0.689. The van der Waals surface area contributed by atoms with Gasteiger partial charge >= 0.3 is 0 Å². The molecule has 0 fully saturated rings. The van der Waals surface area contributed by atoms with Crippen molar-refractivity contribution in [1.29, 1.82) is 0 Å². The average Bonchev–Trinajstić information content (AvgIpc) is 3.17. The van der Waals surface area contributed by atoms with E-state index < -0.39 is 11.4 Å². The Kier molecular flexibility index (Phi) is 5.09. The van der Waals surface area contributed by atoms with Gasteiger partial charge in [-0.1, -0.05) is 23.7 Å². The standard InChI is InChI=1S/C19H16ClFN4O2S/c20-14-3-6-16-17(7-14)28-8-18(26)25(16)10-19(27,9-24-12-22-11-23-24)13-1-4-15(21)5-2-13/h1-7,11-12,27H,8-10H2. The largest absolute Gasteiger partial charge is 0.381 e. The fourth-order valence-corrected chi connectivity index (χ4v) is 4.40. The fourth-order valence-electron chi connectivity index (χ4n) is 3.19. The number of β-amino-alcohol motifs (C(OH)–C–C–N with tert-alkyl or cyclic N) is 1. The molecule has 2 aromatic carbocycles. The lowest BCUT2D eigenvalue weighted by Crippen LogP contribution is -2.48. The fraction of sp³-hybridized carbons (Fsp3) is 0.211. The first-order chi connectivity index (χ1) is 13.4. The van der Waals surface area contributed by atoms with E-state index in [1.807, 2.05) is 0 Å². The van der Waals surface area contributed by atoms with Crippen LogP contribution < -0.4 is 4.90 Å². The molecule has 0 saturated carbocycles. The summed E-state index contributed by atoms with van der Waals surface area (Å²) in [6.45, 7) is 0.0327. The van der Waals surface area contributed by atoms with Crippen molar-refractivity contribution in [3.8, 4) is 0 Å². The lowest BCUT2D eigenvalue weighted by atomic mass is 9.92. The minimum absolute atomic E-state index is 0.0213. The van der Waals surface area contributed by atoms with Crippen LogP contribution in [0.3, 0.4) is 0 Å². The number of amides is 1. The van der Waals surface area contributed by atoms with Crippen LogP contribution in [0.5, 0.6) is 0 Å². The molecule has 1 N–H and O–H groups in total. The van der Waals surface area contributed by atoms with Gasteiger partial charge in [-0.25, -0.2) is 14.1 Å². The van der Waals surface area contributed by atoms with E-state index >= 15 is 0 Å². The van der Waals surface area contributed by atoms with Crippen molar-refractivity contribution >= 4 is 35.0 Å². The Hall–Kier alpha value is -2.42. The second-order valence-electron chi connectivity index (χ2n) is 6.51. The monoisotopic (exact) mass is 418 g/mol. The number of aromatic nitrogens is 3. The second kappa shape index (κ2) is 7.54. The SMILES string of the molecule is O=C1CSc2cc(Cl)ccc2N1CC(O)(Cn1cncn1)c1ccc(F)cc1. The molecule has 28 heavy (non-hydrogen) atoms. The van der Waals surface area contributed by atoms with Gasteiger partial charge in [0, 0.05) is 9.92 Å². The van der Waals surface area contributed by atoms with E-state index in [9.17, 15) is 14.3 Å². The van der Waals surface area contributed by atoms with Gasteiger partial charge in [-0.15, -0.1) is 11.8 Å². The number of carbonyl (C=O) groups excluding carboxylic acids is 1. The lowest BCUT2D eigenvalue weighted by molar-refractivity contribution is -0.117. The van der Waals surface area contributed by atoms with Gasteiger partial charge in [0.05, 0.1) is 24.5 Å². The summed E-state index contributed by atoms with van der Waals surface area (Å²) in [6, 6.07) is 10.9. The summed E-state index contributed by atoms with van der Waals surface area (Å²) in [4.78, 5) is 19.0. The summed E-state index contributed by atoms with van der Waals surface area (Å²) in [5.74, 6) is -0.285. The highest BCUT2D eigenvalue weighted by atomic mass is 35.5. The highest BCUT2D eigenvalue weighted by molar-refractivity contribution is 8.00. The molecule has 1 aliphatic rings. The highest BCUT2D eigenvalue weighted by Crippen LogP contribution is 2.39. The van der Waals surface area contributed by atoms with Gasteiger partial charge in [0.25, 0.3) is 0 Å². The predicted molar refractivity (Wildman–Crippen MR) is 105 cm³/mol. The van der Waals surface area contributed by atoms with Gasteiger partial charge in [-0.2, -0.15) is 5.10 Å². The number of nitrogens with zero attached hydrogens (tertiary/aromatic N) is 4. The highest BCUT2D eigenvalue weighted by Gasteiger charge is 2.37. The van der Waals surface area contributed by atoms with Crippen LogP contribution in [0.25, 0.3) is 0 Å². The zero-order chi connectivity index (χ0) is 19.7. The third-order valence-electron chi connectivity index (χ3n) is 4.56.